The van der Waals surface area contributed by atoms with E-state index in [1.165, 1.54) is 6.20 Å². The lowest BCUT2D eigenvalue weighted by molar-refractivity contribution is -0.138. The number of hydrogen-bond acceptors (Lipinski definition) is 5. The first-order valence-corrected chi connectivity index (χ1v) is 8.68. The Hall–Kier alpha value is -2.46. The second-order valence-electron chi connectivity index (χ2n) is 6.41. The summed E-state index contributed by atoms with van der Waals surface area (Å²) in [6, 6.07) is 2.11. The van der Waals surface area contributed by atoms with Crippen molar-refractivity contribution in [2.24, 2.45) is 0 Å². The van der Waals surface area contributed by atoms with Gasteiger partial charge in [-0.25, -0.2) is 9.50 Å². The Labute approximate surface area is 147 Å². The molecule has 0 aliphatic carbocycles. The quantitative estimate of drug-likeness (QED) is 0.846. The largest absolute Gasteiger partial charge is 0.375 e. The van der Waals surface area contributed by atoms with Gasteiger partial charge in [0.25, 0.3) is 0 Å². The molecule has 25 heavy (non-hydrogen) atoms. The number of nitrogens with zero attached hydrogens (tertiary/aromatic N) is 5. The molecule has 0 spiro atoms. The van der Waals surface area contributed by atoms with Crippen LogP contribution in [0, 0.1) is 25.2 Å². The van der Waals surface area contributed by atoms with Gasteiger partial charge in [-0.05, 0) is 32.3 Å². The highest BCUT2D eigenvalue weighted by atomic mass is 16.5. The zero-order valence-corrected chi connectivity index (χ0v) is 14.9. The van der Waals surface area contributed by atoms with E-state index in [2.05, 4.69) is 23.1 Å². The van der Waals surface area contributed by atoms with Crippen LogP contribution in [-0.2, 0) is 16.0 Å². The zero-order chi connectivity index (χ0) is 18.0. The van der Waals surface area contributed by atoms with Gasteiger partial charge in [-0.15, -0.1) is 0 Å². The van der Waals surface area contributed by atoms with Crippen LogP contribution in [-0.4, -0.2) is 51.2 Å². The lowest BCUT2D eigenvalue weighted by atomic mass is 10.1. The third-order valence-corrected chi connectivity index (χ3v) is 4.86. The number of nitriles is 1. The molecule has 2 aromatic rings. The Balaban J connectivity index is 1.75. The molecule has 1 fully saturated rings. The van der Waals surface area contributed by atoms with Crippen molar-refractivity contribution in [1.82, 2.24) is 19.5 Å². The number of fused-ring (bicyclic) bond motifs is 1. The smallest absolute Gasteiger partial charge is 0.223 e. The van der Waals surface area contributed by atoms with E-state index in [1.54, 1.807) is 4.52 Å². The topological polar surface area (TPSA) is 83.5 Å². The van der Waals surface area contributed by atoms with E-state index in [0.29, 0.717) is 43.7 Å². The second kappa shape index (κ2) is 7.19. The van der Waals surface area contributed by atoms with Crippen molar-refractivity contribution >= 4 is 11.6 Å². The van der Waals surface area contributed by atoms with E-state index < -0.39 is 0 Å². The Bertz CT molecular complexity index is 836. The third kappa shape index (κ3) is 3.35. The maximum Gasteiger partial charge on any atom is 0.223 e. The molecule has 1 aliphatic rings. The number of morpholine rings is 1. The maximum absolute atomic E-state index is 12.6. The molecule has 1 atom stereocenters. The van der Waals surface area contributed by atoms with Gasteiger partial charge >= 0.3 is 0 Å². The Morgan fingerprint density at radius 3 is 3.00 bits per heavy atom. The van der Waals surface area contributed by atoms with Gasteiger partial charge in [0.1, 0.15) is 11.6 Å². The third-order valence-electron chi connectivity index (χ3n) is 4.86. The predicted octanol–water partition coefficient (Wildman–Crippen LogP) is 1.79. The summed E-state index contributed by atoms with van der Waals surface area (Å²) < 4.78 is 7.32. The monoisotopic (exact) mass is 341 g/mol. The van der Waals surface area contributed by atoms with E-state index in [1.807, 2.05) is 18.7 Å². The van der Waals surface area contributed by atoms with Gasteiger partial charge in [0.05, 0.1) is 18.9 Å². The zero-order valence-electron chi connectivity index (χ0n) is 14.9. The highest BCUT2D eigenvalue weighted by Crippen LogP contribution is 2.19. The van der Waals surface area contributed by atoms with Crippen LogP contribution in [0.3, 0.4) is 0 Å². The molecule has 1 unspecified atom stereocenters. The molecular formula is C18H23N5O2. The SMILES string of the molecule is CCC1CN(C(=O)CCc2c(C)nc3c(C#N)cnn3c2C)CCO1. The summed E-state index contributed by atoms with van der Waals surface area (Å²) in [7, 11) is 0. The van der Waals surface area contributed by atoms with Crippen molar-refractivity contribution in [1.29, 1.82) is 5.26 Å². The minimum Gasteiger partial charge on any atom is -0.375 e. The van der Waals surface area contributed by atoms with Gasteiger partial charge in [-0.3, -0.25) is 4.79 Å². The summed E-state index contributed by atoms with van der Waals surface area (Å²) in [5.74, 6) is 0.152. The van der Waals surface area contributed by atoms with Crippen molar-refractivity contribution in [3.05, 3.63) is 28.7 Å². The number of ether oxygens (including phenoxy) is 1. The molecule has 7 nitrogen and oxygen atoms in total. The van der Waals surface area contributed by atoms with Gasteiger partial charge < -0.3 is 9.64 Å². The standard InChI is InChI=1S/C18H23N5O2/c1-4-15-11-22(7-8-25-15)17(24)6-5-16-12(2)21-18-14(9-19)10-20-23(18)13(16)3/h10,15H,4-8,11H2,1-3H3. The second-order valence-corrected chi connectivity index (χ2v) is 6.41. The van der Waals surface area contributed by atoms with Crippen molar-refractivity contribution in [2.75, 3.05) is 19.7 Å². The number of carbonyl (C=O) groups excluding carboxylic acids is 1. The summed E-state index contributed by atoms with van der Waals surface area (Å²) in [6.07, 6.45) is 3.66. The van der Waals surface area contributed by atoms with Crippen LogP contribution >= 0.6 is 0 Å². The summed E-state index contributed by atoms with van der Waals surface area (Å²) in [5, 5.41) is 13.4. The Morgan fingerprint density at radius 1 is 1.48 bits per heavy atom. The van der Waals surface area contributed by atoms with E-state index in [9.17, 15) is 4.79 Å². The highest BCUT2D eigenvalue weighted by Gasteiger charge is 2.23. The Kier molecular flexibility index (Phi) is 5.00. The number of hydrogen-bond donors (Lipinski definition) is 0. The van der Waals surface area contributed by atoms with Crippen LogP contribution in [0.25, 0.3) is 5.65 Å². The van der Waals surface area contributed by atoms with Crippen molar-refractivity contribution < 1.29 is 9.53 Å². The summed E-state index contributed by atoms with van der Waals surface area (Å²) in [6.45, 7) is 7.90. The molecular weight excluding hydrogens is 318 g/mol. The molecule has 3 heterocycles. The molecule has 0 bridgehead atoms. The van der Waals surface area contributed by atoms with Gasteiger partial charge in [0.2, 0.25) is 5.91 Å². The van der Waals surface area contributed by atoms with Crippen LogP contribution in [0.2, 0.25) is 0 Å². The molecule has 1 aliphatic heterocycles. The predicted molar refractivity (Wildman–Crippen MR) is 92.1 cm³/mol. The van der Waals surface area contributed by atoms with E-state index >= 15 is 0 Å². The van der Waals surface area contributed by atoms with Crippen molar-refractivity contribution in [3.8, 4) is 6.07 Å². The lowest BCUT2D eigenvalue weighted by Crippen LogP contribution is -2.45. The van der Waals surface area contributed by atoms with Gasteiger partial charge in [-0.2, -0.15) is 10.4 Å². The summed E-state index contributed by atoms with van der Waals surface area (Å²) in [5.41, 5.74) is 3.85. The van der Waals surface area contributed by atoms with E-state index in [0.717, 1.165) is 23.4 Å². The maximum atomic E-state index is 12.6. The molecule has 0 saturated carbocycles. The van der Waals surface area contributed by atoms with E-state index in [-0.39, 0.29) is 12.0 Å². The van der Waals surface area contributed by atoms with Crippen molar-refractivity contribution in [3.63, 3.8) is 0 Å². The first-order chi connectivity index (χ1) is 12.0. The van der Waals surface area contributed by atoms with E-state index in [4.69, 9.17) is 10.00 Å². The molecule has 1 amide bonds. The summed E-state index contributed by atoms with van der Waals surface area (Å²) >= 11 is 0. The molecule has 0 aromatic carbocycles. The van der Waals surface area contributed by atoms with Crippen LogP contribution in [0.1, 0.15) is 42.3 Å². The minimum atomic E-state index is 0.146. The first kappa shape index (κ1) is 17.4. The molecule has 0 radical (unpaired) electrons. The number of rotatable bonds is 4. The Morgan fingerprint density at radius 2 is 2.28 bits per heavy atom. The van der Waals surface area contributed by atoms with Crippen LogP contribution in [0.15, 0.2) is 6.20 Å². The number of carbonyl (C=O) groups is 1. The van der Waals surface area contributed by atoms with Gasteiger partial charge in [-0.1, -0.05) is 6.92 Å². The molecule has 2 aromatic heterocycles. The van der Waals surface area contributed by atoms with Crippen LogP contribution < -0.4 is 0 Å². The van der Waals surface area contributed by atoms with Crippen LogP contribution in [0.5, 0.6) is 0 Å². The fourth-order valence-corrected chi connectivity index (χ4v) is 3.33. The fourth-order valence-electron chi connectivity index (χ4n) is 3.33. The molecule has 3 rings (SSSR count). The van der Waals surface area contributed by atoms with Crippen LogP contribution in [0.4, 0.5) is 0 Å². The first-order valence-electron chi connectivity index (χ1n) is 8.68. The highest BCUT2D eigenvalue weighted by molar-refractivity contribution is 5.76. The van der Waals surface area contributed by atoms with Gasteiger partial charge in [0.15, 0.2) is 5.65 Å². The normalized spacial score (nSPS) is 17.7. The fraction of sp³-hybridized carbons (Fsp3) is 0.556. The molecule has 1 saturated heterocycles. The minimum absolute atomic E-state index is 0.146. The van der Waals surface area contributed by atoms with Gasteiger partial charge in [0, 0.05) is 30.9 Å². The number of aromatic nitrogens is 3. The lowest BCUT2D eigenvalue weighted by Gasteiger charge is -2.32. The number of aryl methyl sites for hydroxylation is 2. The molecule has 7 heteroatoms. The number of amides is 1. The summed E-state index contributed by atoms with van der Waals surface area (Å²) in [4.78, 5) is 19.0. The molecule has 0 N–H and O–H groups in total. The van der Waals surface area contributed by atoms with Crippen molar-refractivity contribution in [2.45, 2.75) is 46.1 Å². The average Bonchev–Trinajstić information content (AvgIpc) is 3.04. The molecule has 132 valence electrons. The average molecular weight is 341 g/mol.